The van der Waals surface area contributed by atoms with E-state index in [0.717, 1.165) is 50.0 Å². The van der Waals surface area contributed by atoms with Crippen LogP contribution in [0.1, 0.15) is 24.8 Å². The summed E-state index contributed by atoms with van der Waals surface area (Å²) in [4.78, 5) is 5.13. The molecule has 5 nitrogen and oxygen atoms in total. The van der Waals surface area contributed by atoms with Gasteiger partial charge in [-0.2, -0.15) is 0 Å². The molecule has 0 saturated carbocycles. The van der Waals surface area contributed by atoms with Crippen molar-refractivity contribution in [1.29, 1.82) is 0 Å². The smallest absolute Gasteiger partial charge is 0.203 e. The van der Waals surface area contributed by atoms with Crippen LogP contribution in [-0.4, -0.2) is 63.9 Å². The first-order valence-corrected chi connectivity index (χ1v) is 9.62. The number of ether oxygens (including phenoxy) is 3. The van der Waals surface area contributed by atoms with Gasteiger partial charge in [0.25, 0.3) is 0 Å². The summed E-state index contributed by atoms with van der Waals surface area (Å²) in [5.74, 6) is 3.01. The topological polar surface area (TPSA) is 34.2 Å². The maximum atomic E-state index is 5.62. The first-order chi connectivity index (χ1) is 12.7. The van der Waals surface area contributed by atoms with Gasteiger partial charge in [-0.25, -0.2) is 0 Å². The zero-order valence-corrected chi connectivity index (χ0v) is 16.4. The highest BCUT2D eigenvalue weighted by Crippen LogP contribution is 2.40. The fraction of sp³-hybridized carbons (Fsp3) is 0.619. The summed E-state index contributed by atoms with van der Waals surface area (Å²) in [6, 6.07) is 4.05. The summed E-state index contributed by atoms with van der Waals surface area (Å²) >= 11 is 0. The Morgan fingerprint density at radius 1 is 0.885 bits per heavy atom. The van der Waals surface area contributed by atoms with Gasteiger partial charge in [0.15, 0.2) is 11.5 Å². The number of nitrogens with zero attached hydrogens (tertiary/aromatic N) is 2. The molecule has 1 fully saturated rings. The van der Waals surface area contributed by atoms with Crippen molar-refractivity contribution in [3.05, 3.63) is 29.8 Å². The molecule has 144 valence electrons. The van der Waals surface area contributed by atoms with E-state index in [9.17, 15) is 0 Å². The fourth-order valence-electron chi connectivity index (χ4n) is 4.05. The number of hydrogen-bond acceptors (Lipinski definition) is 5. The van der Waals surface area contributed by atoms with Crippen LogP contribution < -0.4 is 14.2 Å². The molecule has 0 aromatic heterocycles. The van der Waals surface area contributed by atoms with Gasteiger partial charge >= 0.3 is 0 Å². The summed E-state index contributed by atoms with van der Waals surface area (Å²) < 4.78 is 16.5. The quantitative estimate of drug-likeness (QED) is 0.698. The third-order valence-corrected chi connectivity index (χ3v) is 5.54. The summed E-state index contributed by atoms with van der Waals surface area (Å²) in [6.07, 6.45) is 8.53. The number of methoxy groups -OCH3 is 3. The van der Waals surface area contributed by atoms with Gasteiger partial charge in [0.1, 0.15) is 0 Å². The lowest BCUT2D eigenvalue weighted by molar-refractivity contribution is 0.110. The molecule has 1 aromatic rings. The summed E-state index contributed by atoms with van der Waals surface area (Å²) in [7, 11) is 5.00. The molecular formula is C21H32N2O3. The van der Waals surface area contributed by atoms with Crippen molar-refractivity contribution in [3.8, 4) is 17.2 Å². The van der Waals surface area contributed by atoms with Crippen molar-refractivity contribution in [2.24, 2.45) is 5.92 Å². The average Bonchev–Trinajstić information content (AvgIpc) is 2.69. The van der Waals surface area contributed by atoms with E-state index >= 15 is 0 Å². The lowest BCUT2D eigenvalue weighted by Crippen LogP contribution is -2.47. The van der Waals surface area contributed by atoms with Crippen LogP contribution in [0.5, 0.6) is 17.2 Å². The van der Waals surface area contributed by atoms with Crippen molar-refractivity contribution in [2.45, 2.75) is 25.8 Å². The number of allylic oxidation sites excluding steroid dienone is 2. The second-order valence-electron chi connectivity index (χ2n) is 7.22. The van der Waals surface area contributed by atoms with E-state index in [4.69, 9.17) is 14.2 Å². The molecule has 1 aliphatic heterocycles. The zero-order chi connectivity index (χ0) is 18.4. The standard InChI is InChI=1S/C21H32N2O3/c1-24-19-10-9-18(20(25-2)21(19)26-3)16-23-13-11-22(12-14-23)15-17-7-5-4-6-8-17/h4-5,9-10,17H,6-8,11-16H2,1-3H3/t17-/m1/s1. The monoisotopic (exact) mass is 360 g/mol. The highest BCUT2D eigenvalue weighted by Gasteiger charge is 2.23. The molecule has 0 amide bonds. The minimum absolute atomic E-state index is 0.677. The summed E-state index contributed by atoms with van der Waals surface area (Å²) in [5, 5.41) is 0. The van der Waals surface area contributed by atoms with Gasteiger partial charge in [-0.15, -0.1) is 0 Å². The Kier molecular flexibility index (Phi) is 6.80. The Hall–Kier alpha value is -1.72. The second kappa shape index (κ2) is 9.28. The Balaban J connectivity index is 1.56. The van der Waals surface area contributed by atoms with E-state index in [1.165, 1.54) is 25.8 Å². The minimum atomic E-state index is 0.677. The van der Waals surface area contributed by atoms with Gasteiger partial charge in [-0.3, -0.25) is 4.90 Å². The number of piperazine rings is 1. The van der Waals surface area contributed by atoms with Crippen LogP contribution in [-0.2, 0) is 6.54 Å². The van der Waals surface area contributed by atoms with Crippen LogP contribution in [0, 0.1) is 5.92 Å². The number of benzene rings is 1. The third-order valence-electron chi connectivity index (χ3n) is 5.54. The van der Waals surface area contributed by atoms with E-state index < -0.39 is 0 Å². The molecule has 1 aliphatic carbocycles. The first-order valence-electron chi connectivity index (χ1n) is 9.62. The van der Waals surface area contributed by atoms with Crippen molar-refractivity contribution < 1.29 is 14.2 Å². The maximum absolute atomic E-state index is 5.62. The Labute approximate surface area is 157 Å². The van der Waals surface area contributed by atoms with E-state index in [1.807, 2.05) is 6.07 Å². The molecule has 0 unspecified atom stereocenters. The lowest BCUT2D eigenvalue weighted by atomic mass is 9.94. The van der Waals surface area contributed by atoms with Crippen LogP contribution in [0.4, 0.5) is 0 Å². The van der Waals surface area contributed by atoms with Gasteiger partial charge in [-0.05, 0) is 31.2 Å². The van der Waals surface area contributed by atoms with E-state index in [2.05, 4.69) is 28.0 Å². The van der Waals surface area contributed by atoms with Crippen molar-refractivity contribution >= 4 is 0 Å². The van der Waals surface area contributed by atoms with Gasteiger partial charge in [0.05, 0.1) is 21.3 Å². The second-order valence-corrected chi connectivity index (χ2v) is 7.22. The molecule has 0 N–H and O–H groups in total. The number of rotatable bonds is 7. The number of hydrogen-bond donors (Lipinski definition) is 0. The molecule has 1 aromatic carbocycles. The Morgan fingerprint density at radius 3 is 2.23 bits per heavy atom. The normalized spacial score (nSPS) is 21.6. The van der Waals surface area contributed by atoms with Crippen LogP contribution in [0.15, 0.2) is 24.3 Å². The SMILES string of the molecule is COc1ccc(CN2CCN(C[C@@H]3CC=CCC3)CC2)c(OC)c1OC. The van der Waals surface area contributed by atoms with Gasteiger partial charge in [-0.1, -0.05) is 18.2 Å². The molecule has 1 saturated heterocycles. The largest absolute Gasteiger partial charge is 0.493 e. The minimum Gasteiger partial charge on any atom is -0.493 e. The molecule has 0 radical (unpaired) electrons. The van der Waals surface area contributed by atoms with Crippen molar-refractivity contribution in [3.63, 3.8) is 0 Å². The Bertz CT molecular complexity index is 610. The van der Waals surface area contributed by atoms with Crippen LogP contribution in [0.25, 0.3) is 0 Å². The van der Waals surface area contributed by atoms with E-state index in [1.54, 1.807) is 21.3 Å². The molecular weight excluding hydrogens is 328 g/mol. The zero-order valence-electron chi connectivity index (χ0n) is 16.4. The molecule has 2 aliphatic rings. The molecule has 3 rings (SSSR count). The average molecular weight is 360 g/mol. The molecule has 0 bridgehead atoms. The van der Waals surface area contributed by atoms with Gasteiger partial charge in [0, 0.05) is 44.8 Å². The molecule has 1 atom stereocenters. The van der Waals surface area contributed by atoms with Crippen molar-refractivity contribution in [1.82, 2.24) is 9.80 Å². The molecule has 5 heteroatoms. The highest BCUT2D eigenvalue weighted by atomic mass is 16.5. The highest BCUT2D eigenvalue weighted by molar-refractivity contribution is 5.55. The molecule has 0 spiro atoms. The Morgan fingerprint density at radius 2 is 1.62 bits per heavy atom. The van der Waals surface area contributed by atoms with Gasteiger partial charge in [0.2, 0.25) is 5.75 Å². The molecule has 26 heavy (non-hydrogen) atoms. The predicted octanol–water partition coefficient (Wildman–Crippen LogP) is 3.19. The lowest BCUT2D eigenvalue weighted by Gasteiger charge is -2.37. The molecule has 1 heterocycles. The van der Waals surface area contributed by atoms with Crippen LogP contribution in [0.2, 0.25) is 0 Å². The summed E-state index contributed by atoms with van der Waals surface area (Å²) in [5.41, 5.74) is 1.15. The van der Waals surface area contributed by atoms with Crippen molar-refractivity contribution in [2.75, 3.05) is 54.1 Å². The summed E-state index contributed by atoms with van der Waals surface area (Å²) in [6.45, 7) is 6.62. The fourth-order valence-corrected chi connectivity index (χ4v) is 4.05. The van der Waals surface area contributed by atoms with Gasteiger partial charge < -0.3 is 19.1 Å². The third kappa shape index (κ3) is 4.51. The van der Waals surface area contributed by atoms with E-state index in [-0.39, 0.29) is 0 Å². The van der Waals surface area contributed by atoms with Crippen LogP contribution in [0.3, 0.4) is 0 Å². The first kappa shape index (κ1) is 19.1. The maximum Gasteiger partial charge on any atom is 0.203 e. The predicted molar refractivity (Wildman–Crippen MR) is 104 cm³/mol. The van der Waals surface area contributed by atoms with E-state index in [0.29, 0.717) is 11.5 Å². The van der Waals surface area contributed by atoms with Crippen LogP contribution >= 0.6 is 0 Å².